The number of nitrogens with zero attached hydrogens (tertiary/aromatic N) is 4. The van der Waals surface area contributed by atoms with Gasteiger partial charge in [0, 0.05) is 49.4 Å². The van der Waals surface area contributed by atoms with Crippen molar-refractivity contribution in [2.24, 2.45) is 0 Å². The molecule has 2 aliphatic rings. The van der Waals surface area contributed by atoms with E-state index in [9.17, 15) is 9.59 Å². The number of amides is 2. The highest BCUT2D eigenvalue weighted by Gasteiger charge is 2.35. The van der Waals surface area contributed by atoms with Crippen molar-refractivity contribution in [3.05, 3.63) is 58.8 Å². The molecular formula is C26H29BrN4O2. The Kier molecular flexibility index (Phi) is 6.49. The monoisotopic (exact) mass is 508 g/mol. The minimum absolute atomic E-state index is 0.00899. The summed E-state index contributed by atoms with van der Waals surface area (Å²) < 4.78 is 3.09. The van der Waals surface area contributed by atoms with Crippen LogP contribution in [0.3, 0.4) is 0 Å². The molecule has 0 aliphatic carbocycles. The molecule has 7 heteroatoms. The van der Waals surface area contributed by atoms with E-state index in [1.165, 1.54) is 12.8 Å². The molecule has 0 bridgehead atoms. The first-order valence-corrected chi connectivity index (χ1v) is 12.7. The van der Waals surface area contributed by atoms with E-state index in [4.69, 9.17) is 4.98 Å². The van der Waals surface area contributed by atoms with Crippen LogP contribution in [-0.2, 0) is 16.1 Å². The summed E-state index contributed by atoms with van der Waals surface area (Å²) in [6, 6.07) is 15.9. The molecule has 5 rings (SSSR count). The van der Waals surface area contributed by atoms with Gasteiger partial charge in [0.15, 0.2) is 0 Å². The molecule has 6 nitrogen and oxygen atoms in total. The lowest BCUT2D eigenvalue weighted by atomic mass is 10.1. The molecule has 2 saturated heterocycles. The van der Waals surface area contributed by atoms with Crippen LogP contribution in [0, 0.1) is 0 Å². The largest absolute Gasteiger partial charge is 0.343 e. The highest BCUT2D eigenvalue weighted by molar-refractivity contribution is 9.10. The Morgan fingerprint density at radius 3 is 2.52 bits per heavy atom. The second-order valence-electron chi connectivity index (χ2n) is 9.01. The molecule has 1 atom stereocenters. The molecule has 2 aliphatic heterocycles. The summed E-state index contributed by atoms with van der Waals surface area (Å²) in [7, 11) is 0. The Bertz CT molecular complexity index is 1170. The summed E-state index contributed by atoms with van der Waals surface area (Å²) in [6.07, 6.45) is 5.50. The van der Waals surface area contributed by atoms with Crippen molar-refractivity contribution >= 4 is 44.5 Å². The zero-order valence-electron chi connectivity index (χ0n) is 18.8. The van der Waals surface area contributed by atoms with Gasteiger partial charge in [0.05, 0.1) is 16.7 Å². The predicted molar refractivity (Wildman–Crippen MR) is 133 cm³/mol. The number of halogens is 1. The Labute approximate surface area is 202 Å². The molecule has 0 spiro atoms. The van der Waals surface area contributed by atoms with E-state index in [0.717, 1.165) is 52.9 Å². The van der Waals surface area contributed by atoms with Crippen LogP contribution in [0.4, 0.5) is 5.69 Å². The number of benzene rings is 2. The third-order valence-corrected chi connectivity index (χ3v) is 7.50. The van der Waals surface area contributed by atoms with Crippen molar-refractivity contribution < 1.29 is 9.59 Å². The Hall–Kier alpha value is -2.67. The number of anilines is 1. The van der Waals surface area contributed by atoms with E-state index in [-0.39, 0.29) is 17.7 Å². The zero-order chi connectivity index (χ0) is 22.8. The van der Waals surface area contributed by atoms with E-state index >= 15 is 0 Å². The number of carbonyl (C=O) groups is 2. The van der Waals surface area contributed by atoms with Crippen LogP contribution in [0.25, 0.3) is 11.0 Å². The van der Waals surface area contributed by atoms with Crippen LogP contribution < -0.4 is 4.90 Å². The number of rotatable bonds is 5. The third kappa shape index (κ3) is 4.56. The first-order chi connectivity index (χ1) is 16.1. The Morgan fingerprint density at radius 2 is 1.73 bits per heavy atom. The maximum absolute atomic E-state index is 13.0. The van der Waals surface area contributed by atoms with Crippen LogP contribution in [-0.4, -0.2) is 45.9 Å². The van der Waals surface area contributed by atoms with E-state index in [2.05, 4.69) is 26.6 Å². The van der Waals surface area contributed by atoms with Crippen LogP contribution >= 0.6 is 15.9 Å². The van der Waals surface area contributed by atoms with Gasteiger partial charge in [-0.3, -0.25) is 9.59 Å². The molecule has 1 unspecified atom stereocenters. The predicted octanol–water partition coefficient (Wildman–Crippen LogP) is 5.11. The third-order valence-electron chi connectivity index (χ3n) is 6.83. The molecular weight excluding hydrogens is 480 g/mol. The molecule has 2 fully saturated rings. The van der Waals surface area contributed by atoms with Gasteiger partial charge in [0.2, 0.25) is 11.8 Å². The number of fused-ring (bicyclic) bond motifs is 1. The van der Waals surface area contributed by atoms with Gasteiger partial charge < -0.3 is 14.4 Å². The number of likely N-dealkylation sites (tertiary alicyclic amines) is 1. The smallest absolute Gasteiger partial charge is 0.227 e. The minimum atomic E-state index is -0.00899. The summed E-state index contributed by atoms with van der Waals surface area (Å²) in [5.74, 6) is 1.22. The quantitative estimate of drug-likeness (QED) is 0.480. The minimum Gasteiger partial charge on any atom is -0.343 e. The number of aryl methyl sites for hydroxylation is 1. The SMILES string of the molecule is O=C(CCn1c(C2CC(=O)N(c3ccccc3Br)C2)nc2ccccc21)N1CCCCCC1. The first-order valence-electron chi connectivity index (χ1n) is 11.9. The van der Waals surface area contributed by atoms with Crippen LogP contribution in [0.5, 0.6) is 0 Å². The standard InChI is InChI=1S/C26H29BrN4O2/c27-20-9-3-5-11-22(20)31-18-19(17-25(31)33)26-28-21-10-4-6-12-23(21)30(26)16-13-24(32)29-14-7-1-2-8-15-29/h3-6,9-12,19H,1-2,7-8,13-18H2. The lowest BCUT2D eigenvalue weighted by Gasteiger charge is -2.21. The topological polar surface area (TPSA) is 58.4 Å². The summed E-state index contributed by atoms with van der Waals surface area (Å²) in [6.45, 7) is 2.92. The number of carbonyl (C=O) groups excluding carboxylic acids is 2. The number of aromatic nitrogens is 2. The summed E-state index contributed by atoms with van der Waals surface area (Å²) in [5, 5.41) is 0. The fourth-order valence-corrected chi connectivity index (χ4v) is 5.61. The van der Waals surface area contributed by atoms with Crippen molar-refractivity contribution in [3.63, 3.8) is 0 Å². The second kappa shape index (κ2) is 9.67. The average Bonchev–Trinajstić information content (AvgIpc) is 3.25. The van der Waals surface area contributed by atoms with Crippen molar-refractivity contribution in [2.45, 2.75) is 51.0 Å². The molecule has 2 amide bonds. The van der Waals surface area contributed by atoms with Gasteiger partial charge in [-0.15, -0.1) is 0 Å². The summed E-state index contributed by atoms with van der Waals surface area (Å²) in [5.41, 5.74) is 2.84. The summed E-state index contributed by atoms with van der Waals surface area (Å²) in [4.78, 5) is 34.7. The molecule has 0 N–H and O–H groups in total. The zero-order valence-corrected chi connectivity index (χ0v) is 20.3. The average molecular weight is 509 g/mol. The maximum Gasteiger partial charge on any atom is 0.227 e. The van der Waals surface area contributed by atoms with Crippen molar-refractivity contribution in [2.75, 3.05) is 24.5 Å². The van der Waals surface area contributed by atoms with Gasteiger partial charge in [-0.25, -0.2) is 4.98 Å². The summed E-state index contributed by atoms with van der Waals surface area (Å²) >= 11 is 3.58. The van der Waals surface area contributed by atoms with E-state index in [0.29, 0.717) is 25.9 Å². The van der Waals surface area contributed by atoms with Gasteiger partial charge in [0.1, 0.15) is 5.82 Å². The normalized spacial score (nSPS) is 19.3. The van der Waals surface area contributed by atoms with Crippen LogP contribution in [0.1, 0.15) is 50.3 Å². The highest BCUT2D eigenvalue weighted by Crippen LogP contribution is 2.36. The van der Waals surface area contributed by atoms with Gasteiger partial charge in [0.25, 0.3) is 0 Å². The first kappa shape index (κ1) is 22.1. The fourth-order valence-electron chi connectivity index (χ4n) is 5.11. The highest BCUT2D eigenvalue weighted by atomic mass is 79.9. The molecule has 3 aromatic rings. The lowest BCUT2D eigenvalue weighted by Crippen LogP contribution is -2.32. The molecule has 0 saturated carbocycles. The number of imidazole rings is 1. The van der Waals surface area contributed by atoms with Crippen molar-refractivity contribution in [1.29, 1.82) is 0 Å². The van der Waals surface area contributed by atoms with Crippen LogP contribution in [0.2, 0.25) is 0 Å². The molecule has 0 radical (unpaired) electrons. The Balaban J connectivity index is 1.40. The molecule has 33 heavy (non-hydrogen) atoms. The van der Waals surface area contributed by atoms with Gasteiger partial charge >= 0.3 is 0 Å². The van der Waals surface area contributed by atoms with Gasteiger partial charge in [-0.2, -0.15) is 0 Å². The lowest BCUT2D eigenvalue weighted by molar-refractivity contribution is -0.131. The molecule has 2 aromatic carbocycles. The number of hydrogen-bond donors (Lipinski definition) is 0. The van der Waals surface area contributed by atoms with E-state index < -0.39 is 0 Å². The van der Waals surface area contributed by atoms with Crippen LogP contribution in [0.15, 0.2) is 53.0 Å². The second-order valence-corrected chi connectivity index (χ2v) is 9.87. The molecule has 3 heterocycles. The van der Waals surface area contributed by atoms with Crippen molar-refractivity contribution in [3.8, 4) is 0 Å². The van der Waals surface area contributed by atoms with Gasteiger partial charge in [-0.05, 0) is 53.0 Å². The maximum atomic E-state index is 13.0. The Morgan fingerprint density at radius 1 is 1.00 bits per heavy atom. The van der Waals surface area contributed by atoms with E-state index in [1.54, 1.807) is 0 Å². The molecule has 172 valence electrons. The molecule has 1 aromatic heterocycles. The van der Waals surface area contributed by atoms with E-state index in [1.807, 2.05) is 52.3 Å². The van der Waals surface area contributed by atoms with Gasteiger partial charge in [-0.1, -0.05) is 37.1 Å². The fraction of sp³-hybridized carbons (Fsp3) is 0.423. The van der Waals surface area contributed by atoms with Crippen molar-refractivity contribution in [1.82, 2.24) is 14.5 Å². The number of para-hydroxylation sites is 3. The number of hydrogen-bond acceptors (Lipinski definition) is 3.